The quantitative estimate of drug-likeness (QED) is 0.900. The Morgan fingerprint density at radius 3 is 2.83 bits per heavy atom. The van der Waals surface area contributed by atoms with Crippen LogP contribution >= 0.6 is 0 Å². The van der Waals surface area contributed by atoms with E-state index in [0.717, 1.165) is 19.6 Å². The summed E-state index contributed by atoms with van der Waals surface area (Å²) in [6.07, 6.45) is 4.44. The Hall–Kier alpha value is -1.46. The molecule has 0 aliphatic carbocycles. The molecule has 4 nitrogen and oxygen atoms in total. The second kappa shape index (κ2) is 7.62. The molecule has 24 heavy (non-hydrogen) atoms. The maximum absolute atomic E-state index is 13.5. The standard InChI is InChI=1S/C19H28FN3O/c1-14-6-7-16(11-18(14)20)21-19(24)8-10-22-12-17(13-22)23-9-4-3-5-15(23)2/h6-7,11,15,17H,3-5,8-10,12-13H2,1-2H3,(H,21,24)/t15-/m1/s1. The maximum atomic E-state index is 13.5. The summed E-state index contributed by atoms with van der Waals surface area (Å²) in [4.78, 5) is 17.0. The van der Waals surface area contributed by atoms with Gasteiger partial charge in [0.05, 0.1) is 0 Å². The van der Waals surface area contributed by atoms with Gasteiger partial charge in [0.2, 0.25) is 5.91 Å². The number of anilines is 1. The van der Waals surface area contributed by atoms with Gasteiger partial charge in [0, 0.05) is 43.8 Å². The summed E-state index contributed by atoms with van der Waals surface area (Å²) in [6, 6.07) is 6.17. The SMILES string of the molecule is Cc1ccc(NC(=O)CCN2CC(N3CCCC[C@H]3C)C2)cc1F. The highest BCUT2D eigenvalue weighted by Gasteiger charge is 2.34. The van der Waals surface area contributed by atoms with E-state index in [-0.39, 0.29) is 11.7 Å². The molecule has 1 aromatic rings. The van der Waals surface area contributed by atoms with Crippen molar-refractivity contribution in [2.45, 2.75) is 51.6 Å². The fourth-order valence-electron chi connectivity index (χ4n) is 3.75. The zero-order chi connectivity index (χ0) is 17.1. The Balaban J connectivity index is 1.38. The Bertz CT molecular complexity index is 586. The number of benzene rings is 1. The predicted molar refractivity (Wildman–Crippen MR) is 94.6 cm³/mol. The number of hydrogen-bond donors (Lipinski definition) is 1. The smallest absolute Gasteiger partial charge is 0.225 e. The Labute approximate surface area is 144 Å². The highest BCUT2D eigenvalue weighted by molar-refractivity contribution is 5.90. The minimum Gasteiger partial charge on any atom is -0.326 e. The van der Waals surface area contributed by atoms with Gasteiger partial charge in [-0.2, -0.15) is 0 Å². The first kappa shape index (κ1) is 17.4. The second-order valence-electron chi connectivity index (χ2n) is 7.26. The van der Waals surface area contributed by atoms with Crippen molar-refractivity contribution in [3.05, 3.63) is 29.6 Å². The minimum absolute atomic E-state index is 0.0481. The van der Waals surface area contributed by atoms with Crippen molar-refractivity contribution in [2.24, 2.45) is 0 Å². The third-order valence-corrected chi connectivity index (χ3v) is 5.37. The van der Waals surface area contributed by atoms with Crippen LogP contribution in [0.5, 0.6) is 0 Å². The van der Waals surface area contributed by atoms with Crippen molar-refractivity contribution >= 4 is 11.6 Å². The van der Waals surface area contributed by atoms with Gasteiger partial charge in [0.15, 0.2) is 0 Å². The lowest BCUT2D eigenvalue weighted by Crippen LogP contribution is -2.62. The first-order valence-electron chi connectivity index (χ1n) is 9.07. The average Bonchev–Trinajstić information content (AvgIpc) is 2.51. The number of carbonyl (C=O) groups is 1. The van der Waals surface area contributed by atoms with Crippen LogP contribution < -0.4 is 5.32 Å². The lowest BCUT2D eigenvalue weighted by molar-refractivity contribution is -0.117. The largest absolute Gasteiger partial charge is 0.326 e. The summed E-state index contributed by atoms with van der Waals surface area (Å²) in [5.74, 6) is -0.331. The van der Waals surface area contributed by atoms with Crippen molar-refractivity contribution in [2.75, 3.05) is 31.5 Å². The van der Waals surface area contributed by atoms with Crippen LogP contribution in [-0.2, 0) is 4.79 Å². The summed E-state index contributed by atoms with van der Waals surface area (Å²) in [5, 5.41) is 2.78. The predicted octanol–water partition coefficient (Wildman–Crippen LogP) is 3.02. The number of nitrogens with one attached hydrogen (secondary N) is 1. The zero-order valence-corrected chi connectivity index (χ0v) is 14.7. The van der Waals surface area contributed by atoms with Crippen LogP contribution in [0.15, 0.2) is 18.2 Å². The molecule has 2 fully saturated rings. The van der Waals surface area contributed by atoms with Gasteiger partial charge in [0.1, 0.15) is 5.82 Å². The molecule has 1 N–H and O–H groups in total. The number of aryl methyl sites for hydroxylation is 1. The number of amides is 1. The van der Waals surface area contributed by atoms with E-state index in [9.17, 15) is 9.18 Å². The summed E-state index contributed by atoms with van der Waals surface area (Å²) in [7, 11) is 0. The van der Waals surface area contributed by atoms with Gasteiger partial charge in [-0.25, -0.2) is 4.39 Å². The number of halogens is 1. The molecular formula is C19H28FN3O. The van der Waals surface area contributed by atoms with Crippen LogP contribution in [0, 0.1) is 12.7 Å². The Morgan fingerprint density at radius 2 is 2.12 bits per heavy atom. The summed E-state index contributed by atoms with van der Waals surface area (Å²) >= 11 is 0. The lowest BCUT2D eigenvalue weighted by atomic mass is 9.97. The van der Waals surface area contributed by atoms with Gasteiger partial charge in [-0.15, -0.1) is 0 Å². The molecule has 1 aromatic carbocycles. The highest BCUT2D eigenvalue weighted by atomic mass is 19.1. The van der Waals surface area contributed by atoms with Gasteiger partial charge < -0.3 is 5.32 Å². The Kier molecular flexibility index (Phi) is 5.51. The molecule has 5 heteroatoms. The third kappa shape index (κ3) is 4.14. The molecule has 2 saturated heterocycles. The molecule has 3 rings (SSSR count). The molecular weight excluding hydrogens is 305 g/mol. The minimum atomic E-state index is -0.283. The normalized spacial score (nSPS) is 23.0. The second-order valence-corrected chi connectivity index (χ2v) is 7.26. The summed E-state index contributed by atoms with van der Waals surface area (Å²) in [5.41, 5.74) is 1.12. The maximum Gasteiger partial charge on any atom is 0.225 e. The van der Waals surface area contributed by atoms with Crippen molar-refractivity contribution in [3.8, 4) is 0 Å². The lowest BCUT2D eigenvalue weighted by Gasteiger charge is -2.49. The number of carbonyl (C=O) groups excluding carboxylic acids is 1. The fraction of sp³-hybridized carbons (Fsp3) is 0.632. The topological polar surface area (TPSA) is 35.6 Å². The summed E-state index contributed by atoms with van der Waals surface area (Å²) < 4.78 is 13.5. The number of nitrogens with zero attached hydrogens (tertiary/aromatic N) is 2. The molecule has 0 saturated carbocycles. The van der Waals surface area contributed by atoms with Gasteiger partial charge in [-0.3, -0.25) is 14.6 Å². The average molecular weight is 333 g/mol. The van der Waals surface area contributed by atoms with E-state index >= 15 is 0 Å². The third-order valence-electron chi connectivity index (χ3n) is 5.37. The first-order valence-corrected chi connectivity index (χ1v) is 9.07. The van der Waals surface area contributed by atoms with Gasteiger partial charge in [-0.1, -0.05) is 12.5 Å². The van der Waals surface area contributed by atoms with Gasteiger partial charge in [0.25, 0.3) is 0 Å². The number of hydrogen-bond acceptors (Lipinski definition) is 3. The van der Waals surface area contributed by atoms with Gasteiger partial charge >= 0.3 is 0 Å². The number of rotatable bonds is 5. The molecule has 2 aliphatic heterocycles. The van der Waals surface area contributed by atoms with Crippen molar-refractivity contribution in [1.29, 1.82) is 0 Å². The molecule has 2 aliphatic rings. The van der Waals surface area contributed by atoms with Crippen LogP contribution in [-0.4, -0.2) is 54.0 Å². The van der Waals surface area contributed by atoms with E-state index < -0.39 is 0 Å². The van der Waals surface area contributed by atoms with Crippen LogP contribution in [0.25, 0.3) is 0 Å². The van der Waals surface area contributed by atoms with Crippen LogP contribution in [0.1, 0.15) is 38.2 Å². The van der Waals surface area contributed by atoms with E-state index in [1.54, 1.807) is 19.1 Å². The molecule has 0 spiro atoms. The molecule has 0 aromatic heterocycles. The van der Waals surface area contributed by atoms with Crippen molar-refractivity contribution in [3.63, 3.8) is 0 Å². The van der Waals surface area contributed by atoms with Crippen LogP contribution in [0.2, 0.25) is 0 Å². The van der Waals surface area contributed by atoms with E-state index in [1.165, 1.54) is 31.9 Å². The van der Waals surface area contributed by atoms with Crippen LogP contribution in [0.4, 0.5) is 10.1 Å². The molecule has 0 unspecified atom stereocenters. The van der Waals surface area contributed by atoms with E-state index in [2.05, 4.69) is 22.0 Å². The van der Waals surface area contributed by atoms with Crippen molar-refractivity contribution in [1.82, 2.24) is 9.80 Å². The number of likely N-dealkylation sites (tertiary alicyclic amines) is 2. The molecule has 132 valence electrons. The molecule has 0 bridgehead atoms. The van der Waals surface area contributed by atoms with E-state index in [4.69, 9.17) is 0 Å². The van der Waals surface area contributed by atoms with Gasteiger partial charge in [-0.05, 0) is 50.9 Å². The van der Waals surface area contributed by atoms with Crippen LogP contribution in [0.3, 0.4) is 0 Å². The highest BCUT2D eigenvalue weighted by Crippen LogP contribution is 2.24. The van der Waals surface area contributed by atoms with E-state index in [0.29, 0.717) is 29.8 Å². The fourth-order valence-corrected chi connectivity index (χ4v) is 3.75. The van der Waals surface area contributed by atoms with Crippen molar-refractivity contribution < 1.29 is 9.18 Å². The molecule has 2 heterocycles. The van der Waals surface area contributed by atoms with E-state index in [1.807, 2.05) is 0 Å². The Morgan fingerprint density at radius 1 is 1.33 bits per heavy atom. The summed E-state index contributed by atoms with van der Waals surface area (Å²) in [6.45, 7) is 8.17. The molecule has 1 atom stereocenters. The zero-order valence-electron chi connectivity index (χ0n) is 14.7. The monoisotopic (exact) mass is 333 g/mol. The molecule has 1 amide bonds. The number of piperidine rings is 1. The first-order chi connectivity index (χ1) is 11.5. The molecule has 0 radical (unpaired) electrons.